The fraction of sp³-hybridized carbons (Fsp3) is 0.182. The third-order valence-corrected chi connectivity index (χ3v) is 2.07. The van der Waals surface area contributed by atoms with Crippen molar-refractivity contribution in [1.29, 1.82) is 0 Å². The Balaban J connectivity index is 2.33. The zero-order chi connectivity index (χ0) is 10.8. The van der Waals surface area contributed by atoms with Gasteiger partial charge < -0.3 is 15.1 Å². The molecular formula is C11H13N3O. The number of hydrogen-bond donors (Lipinski definition) is 1. The van der Waals surface area contributed by atoms with Crippen LogP contribution < -0.4 is 10.6 Å². The van der Waals surface area contributed by atoms with E-state index in [0.29, 0.717) is 6.01 Å². The minimum absolute atomic E-state index is 0.599. The summed E-state index contributed by atoms with van der Waals surface area (Å²) in [5.41, 5.74) is 7.32. The van der Waals surface area contributed by atoms with Crippen LogP contribution in [0.25, 0.3) is 11.3 Å². The van der Waals surface area contributed by atoms with Crippen molar-refractivity contribution in [2.45, 2.75) is 0 Å². The topological polar surface area (TPSA) is 55.3 Å². The van der Waals surface area contributed by atoms with Crippen LogP contribution in [0.2, 0.25) is 0 Å². The Kier molecular flexibility index (Phi) is 2.33. The largest absolute Gasteiger partial charge is 0.423 e. The molecule has 2 rings (SSSR count). The molecule has 4 nitrogen and oxygen atoms in total. The van der Waals surface area contributed by atoms with Gasteiger partial charge in [0.2, 0.25) is 0 Å². The van der Waals surface area contributed by atoms with Gasteiger partial charge in [-0.2, -0.15) is 0 Å². The molecule has 0 aliphatic heterocycles. The summed E-state index contributed by atoms with van der Waals surface area (Å²) in [7, 11) is 3.77. The second-order valence-corrected chi connectivity index (χ2v) is 3.52. The van der Waals surface area contributed by atoms with Gasteiger partial charge in [-0.25, -0.2) is 4.98 Å². The third-order valence-electron chi connectivity index (χ3n) is 2.07. The molecule has 1 aromatic heterocycles. The Hall–Kier alpha value is -1.97. The second kappa shape index (κ2) is 3.65. The van der Waals surface area contributed by atoms with E-state index in [1.165, 1.54) is 0 Å². The van der Waals surface area contributed by atoms with Gasteiger partial charge in [0.1, 0.15) is 0 Å². The fourth-order valence-electron chi connectivity index (χ4n) is 1.25. The fourth-order valence-corrected chi connectivity index (χ4v) is 1.25. The van der Waals surface area contributed by atoms with E-state index in [-0.39, 0.29) is 0 Å². The first-order chi connectivity index (χ1) is 7.16. The lowest BCUT2D eigenvalue weighted by Gasteiger charge is -2.04. The van der Waals surface area contributed by atoms with E-state index in [2.05, 4.69) is 4.98 Å². The molecule has 0 unspecified atom stereocenters. The number of rotatable bonds is 2. The Morgan fingerprint density at radius 2 is 1.87 bits per heavy atom. The molecule has 1 aromatic carbocycles. The van der Waals surface area contributed by atoms with Crippen LogP contribution in [0.1, 0.15) is 0 Å². The van der Waals surface area contributed by atoms with Crippen LogP contribution >= 0.6 is 0 Å². The van der Waals surface area contributed by atoms with Crippen molar-refractivity contribution in [2.75, 3.05) is 24.7 Å². The van der Waals surface area contributed by atoms with Crippen molar-refractivity contribution in [1.82, 2.24) is 4.98 Å². The number of nitrogens with two attached hydrogens (primary N) is 1. The maximum Gasteiger partial charge on any atom is 0.297 e. The van der Waals surface area contributed by atoms with Gasteiger partial charge >= 0.3 is 0 Å². The SMILES string of the molecule is CN(C)c1ncc(-c2ccc(N)cc2)o1. The summed E-state index contributed by atoms with van der Waals surface area (Å²) in [4.78, 5) is 5.96. The summed E-state index contributed by atoms with van der Waals surface area (Å²) in [5, 5.41) is 0. The molecule has 2 aromatic rings. The molecule has 78 valence electrons. The third kappa shape index (κ3) is 1.93. The van der Waals surface area contributed by atoms with E-state index in [1.54, 1.807) is 6.20 Å². The molecule has 2 N–H and O–H groups in total. The monoisotopic (exact) mass is 203 g/mol. The summed E-state index contributed by atoms with van der Waals surface area (Å²) >= 11 is 0. The van der Waals surface area contributed by atoms with Crippen molar-refractivity contribution in [3.8, 4) is 11.3 Å². The molecule has 0 radical (unpaired) electrons. The lowest BCUT2D eigenvalue weighted by atomic mass is 10.2. The Morgan fingerprint density at radius 3 is 2.40 bits per heavy atom. The maximum absolute atomic E-state index is 5.60. The van der Waals surface area contributed by atoms with Gasteiger partial charge in [-0.05, 0) is 24.3 Å². The minimum atomic E-state index is 0.599. The first kappa shape index (κ1) is 9.58. The molecule has 0 fully saturated rings. The van der Waals surface area contributed by atoms with Gasteiger partial charge in [-0.15, -0.1) is 0 Å². The maximum atomic E-state index is 5.60. The van der Waals surface area contributed by atoms with Crippen molar-refractivity contribution < 1.29 is 4.42 Å². The van der Waals surface area contributed by atoms with Crippen LogP contribution in [-0.4, -0.2) is 19.1 Å². The first-order valence-electron chi connectivity index (χ1n) is 4.66. The van der Waals surface area contributed by atoms with E-state index in [9.17, 15) is 0 Å². The summed E-state index contributed by atoms with van der Waals surface area (Å²) in [6, 6.07) is 8.10. The first-order valence-corrected chi connectivity index (χ1v) is 4.66. The number of nitrogens with zero attached hydrogens (tertiary/aromatic N) is 2. The normalized spacial score (nSPS) is 10.3. The highest BCUT2D eigenvalue weighted by atomic mass is 16.4. The van der Waals surface area contributed by atoms with E-state index in [4.69, 9.17) is 10.2 Å². The highest BCUT2D eigenvalue weighted by molar-refractivity contribution is 5.60. The average molecular weight is 203 g/mol. The van der Waals surface area contributed by atoms with E-state index in [0.717, 1.165) is 17.0 Å². The van der Waals surface area contributed by atoms with Crippen LogP contribution in [0.15, 0.2) is 34.9 Å². The average Bonchev–Trinajstić information content (AvgIpc) is 2.68. The molecule has 0 saturated heterocycles. The number of anilines is 2. The summed E-state index contributed by atoms with van der Waals surface area (Å²) < 4.78 is 5.54. The zero-order valence-electron chi connectivity index (χ0n) is 8.77. The van der Waals surface area contributed by atoms with E-state index < -0.39 is 0 Å². The van der Waals surface area contributed by atoms with Crippen LogP contribution in [-0.2, 0) is 0 Å². The number of aromatic nitrogens is 1. The van der Waals surface area contributed by atoms with Gasteiger partial charge in [0.25, 0.3) is 6.01 Å². The zero-order valence-corrected chi connectivity index (χ0v) is 8.77. The number of hydrogen-bond acceptors (Lipinski definition) is 4. The molecule has 0 aliphatic rings. The van der Waals surface area contributed by atoms with Gasteiger partial charge in [-0.1, -0.05) is 0 Å². The summed E-state index contributed by atoms with van der Waals surface area (Å²) in [5.74, 6) is 0.749. The van der Waals surface area contributed by atoms with E-state index >= 15 is 0 Å². The van der Waals surface area contributed by atoms with Crippen LogP contribution in [0.5, 0.6) is 0 Å². The van der Waals surface area contributed by atoms with Crippen molar-refractivity contribution in [3.05, 3.63) is 30.5 Å². The Morgan fingerprint density at radius 1 is 1.20 bits per heavy atom. The number of nitrogen functional groups attached to an aromatic ring is 1. The predicted octanol–water partition coefficient (Wildman–Crippen LogP) is 1.99. The Bertz CT molecular complexity index is 445. The number of oxazole rings is 1. The second-order valence-electron chi connectivity index (χ2n) is 3.52. The predicted molar refractivity (Wildman–Crippen MR) is 60.7 cm³/mol. The molecule has 1 heterocycles. The summed E-state index contributed by atoms with van der Waals surface area (Å²) in [6.45, 7) is 0. The standard InChI is InChI=1S/C11H13N3O/c1-14(2)11-13-7-10(15-11)8-3-5-9(12)6-4-8/h3-7H,12H2,1-2H3. The van der Waals surface area contributed by atoms with Crippen LogP contribution in [0.3, 0.4) is 0 Å². The van der Waals surface area contributed by atoms with E-state index in [1.807, 2.05) is 43.3 Å². The van der Waals surface area contributed by atoms with Gasteiger partial charge in [0, 0.05) is 25.3 Å². The molecule has 0 saturated carbocycles. The van der Waals surface area contributed by atoms with Gasteiger partial charge in [0.05, 0.1) is 6.20 Å². The smallest absolute Gasteiger partial charge is 0.297 e. The highest BCUT2D eigenvalue weighted by Crippen LogP contribution is 2.23. The van der Waals surface area contributed by atoms with Crippen molar-refractivity contribution >= 4 is 11.7 Å². The molecular weight excluding hydrogens is 190 g/mol. The van der Waals surface area contributed by atoms with Crippen LogP contribution in [0, 0.1) is 0 Å². The van der Waals surface area contributed by atoms with Gasteiger partial charge in [0.15, 0.2) is 5.76 Å². The molecule has 0 aliphatic carbocycles. The molecule has 0 spiro atoms. The lowest BCUT2D eigenvalue weighted by molar-refractivity contribution is 0.569. The van der Waals surface area contributed by atoms with Gasteiger partial charge in [-0.3, -0.25) is 0 Å². The number of benzene rings is 1. The van der Waals surface area contributed by atoms with Crippen molar-refractivity contribution in [2.24, 2.45) is 0 Å². The molecule has 15 heavy (non-hydrogen) atoms. The lowest BCUT2D eigenvalue weighted by Crippen LogP contribution is -2.08. The summed E-state index contributed by atoms with van der Waals surface area (Å²) in [6.07, 6.45) is 1.71. The highest BCUT2D eigenvalue weighted by Gasteiger charge is 2.06. The molecule has 0 bridgehead atoms. The minimum Gasteiger partial charge on any atom is -0.423 e. The Labute approximate surface area is 88.3 Å². The van der Waals surface area contributed by atoms with Crippen molar-refractivity contribution in [3.63, 3.8) is 0 Å². The molecule has 4 heteroatoms. The van der Waals surface area contributed by atoms with Crippen LogP contribution in [0.4, 0.5) is 11.7 Å². The quantitative estimate of drug-likeness (QED) is 0.758. The molecule has 0 atom stereocenters. The molecule has 0 amide bonds.